The number of ether oxygens (including phenoxy) is 1. The number of sulfonamides is 1. The number of hydrogen-bond acceptors (Lipinski definition) is 6. The largest absolute Gasteiger partial charge is 0.497 e. The van der Waals surface area contributed by atoms with Gasteiger partial charge in [-0.25, -0.2) is 8.42 Å². The smallest absolute Gasteiger partial charge is 0.243 e. The first-order valence-electron chi connectivity index (χ1n) is 11.0. The number of carbonyl (C=O) groups excluding carboxylic acids is 2. The van der Waals surface area contributed by atoms with Crippen LogP contribution in [0, 0.1) is 0 Å². The van der Waals surface area contributed by atoms with Crippen molar-refractivity contribution in [3.05, 3.63) is 53.0 Å². The molecule has 2 aliphatic rings. The van der Waals surface area contributed by atoms with Gasteiger partial charge in [-0.05, 0) is 48.5 Å². The molecule has 0 saturated carbocycles. The van der Waals surface area contributed by atoms with Crippen LogP contribution in [0.5, 0.6) is 5.75 Å². The van der Waals surface area contributed by atoms with Gasteiger partial charge in [-0.3, -0.25) is 9.59 Å². The molecule has 2 fully saturated rings. The zero-order chi connectivity index (χ0) is 24.3. The lowest BCUT2D eigenvalue weighted by molar-refractivity contribution is -0.137. The van der Waals surface area contributed by atoms with Gasteiger partial charge < -0.3 is 19.9 Å². The lowest BCUT2D eigenvalue weighted by Crippen LogP contribution is -2.59. The number of anilines is 1. The SMILES string of the molecule is COc1ccc(N2CCN(C(=O)CC3C(=O)NCCN3S(=O)(=O)c3ccc(Br)cc3)CC2)cc1. The van der Waals surface area contributed by atoms with Crippen LogP contribution in [0.25, 0.3) is 0 Å². The van der Waals surface area contributed by atoms with E-state index in [-0.39, 0.29) is 30.3 Å². The van der Waals surface area contributed by atoms with Crippen molar-refractivity contribution >= 4 is 43.5 Å². The highest BCUT2D eigenvalue weighted by molar-refractivity contribution is 9.10. The van der Waals surface area contributed by atoms with Crippen LogP contribution in [0.3, 0.4) is 0 Å². The molecule has 0 radical (unpaired) electrons. The number of methoxy groups -OCH3 is 1. The first-order valence-corrected chi connectivity index (χ1v) is 13.2. The van der Waals surface area contributed by atoms with Crippen molar-refractivity contribution in [2.45, 2.75) is 17.4 Å². The van der Waals surface area contributed by atoms with E-state index in [0.717, 1.165) is 20.2 Å². The number of amides is 2. The molecule has 9 nitrogen and oxygen atoms in total. The Morgan fingerprint density at radius 2 is 1.68 bits per heavy atom. The van der Waals surface area contributed by atoms with Crippen molar-refractivity contribution in [1.29, 1.82) is 0 Å². The molecule has 182 valence electrons. The second-order valence-electron chi connectivity index (χ2n) is 8.15. The van der Waals surface area contributed by atoms with E-state index in [9.17, 15) is 18.0 Å². The maximum Gasteiger partial charge on any atom is 0.243 e. The highest BCUT2D eigenvalue weighted by atomic mass is 79.9. The minimum Gasteiger partial charge on any atom is -0.497 e. The first kappa shape index (κ1) is 24.5. The quantitative estimate of drug-likeness (QED) is 0.587. The highest BCUT2D eigenvalue weighted by Gasteiger charge is 2.40. The van der Waals surface area contributed by atoms with Gasteiger partial charge in [0.05, 0.1) is 18.4 Å². The van der Waals surface area contributed by atoms with E-state index in [0.29, 0.717) is 26.2 Å². The van der Waals surface area contributed by atoms with Gasteiger partial charge in [0.25, 0.3) is 0 Å². The summed E-state index contributed by atoms with van der Waals surface area (Å²) in [6.45, 7) is 2.62. The Morgan fingerprint density at radius 1 is 1.03 bits per heavy atom. The molecule has 34 heavy (non-hydrogen) atoms. The second-order valence-corrected chi connectivity index (χ2v) is 11.0. The summed E-state index contributed by atoms with van der Waals surface area (Å²) in [6.07, 6.45) is -0.190. The zero-order valence-electron chi connectivity index (χ0n) is 18.8. The normalized spacial score (nSPS) is 19.6. The molecule has 2 aliphatic heterocycles. The molecule has 2 heterocycles. The summed E-state index contributed by atoms with van der Waals surface area (Å²) in [6, 6.07) is 12.9. The summed E-state index contributed by atoms with van der Waals surface area (Å²) in [7, 11) is -2.30. The number of hydrogen-bond donors (Lipinski definition) is 1. The van der Waals surface area contributed by atoms with E-state index < -0.39 is 22.0 Å². The monoisotopic (exact) mass is 550 g/mol. The summed E-state index contributed by atoms with van der Waals surface area (Å²) >= 11 is 3.30. The van der Waals surface area contributed by atoms with Gasteiger partial charge in [0.15, 0.2) is 0 Å². The molecule has 0 spiro atoms. The van der Waals surface area contributed by atoms with E-state index in [4.69, 9.17) is 4.74 Å². The molecule has 1 atom stereocenters. The number of benzene rings is 2. The van der Waals surface area contributed by atoms with Gasteiger partial charge in [0, 0.05) is 49.4 Å². The Kier molecular flexibility index (Phi) is 7.44. The molecule has 2 amide bonds. The van der Waals surface area contributed by atoms with Crippen LogP contribution in [0.4, 0.5) is 5.69 Å². The molecule has 1 unspecified atom stereocenters. The lowest BCUT2D eigenvalue weighted by Gasteiger charge is -2.38. The second kappa shape index (κ2) is 10.3. The molecule has 0 aromatic heterocycles. The van der Waals surface area contributed by atoms with Gasteiger partial charge in [-0.15, -0.1) is 0 Å². The molecule has 1 N–H and O–H groups in total. The van der Waals surface area contributed by atoms with Crippen LogP contribution in [-0.4, -0.2) is 81.9 Å². The molecule has 2 saturated heterocycles. The van der Waals surface area contributed by atoms with Gasteiger partial charge in [0.1, 0.15) is 11.8 Å². The van der Waals surface area contributed by atoms with E-state index >= 15 is 0 Å². The fourth-order valence-electron chi connectivity index (χ4n) is 4.22. The van der Waals surface area contributed by atoms with Crippen molar-refractivity contribution in [1.82, 2.24) is 14.5 Å². The van der Waals surface area contributed by atoms with Crippen molar-refractivity contribution in [3.63, 3.8) is 0 Å². The molecule has 0 bridgehead atoms. The average molecular weight is 551 g/mol. The molecular weight excluding hydrogens is 524 g/mol. The van der Waals surface area contributed by atoms with Crippen LogP contribution in [0.15, 0.2) is 57.9 Å². The Morgan fingerprint density at radius 3 is 2.29 bits per heavy atom. The summed E-state index contributed by atoms with van der Waals surface area (Å²) in [5.41, 5.74) is 1.05. The molecule has 0 aliphatic carbocycles. The van der Waals surface area contributed by atoms with Crippen LogP contribution in [0.1, 0.15) is 6.42 Å². The molecule has 4 rings (SSSR count). The highest BCUT2D eigenvalue weighted by Crippen LogP contribution is 2.25. The van der Waals surface area contributed by atoms with Crippen LogP contribution in [0.2, 0.25) is 0 Å². The zero-order valence-corrected chi connectivity index (χ0v) is 21.2. The Bertz CT molecular complexity index is 1130. The number of nitrogens with one attached hydrogen (secondary N) is 1. The third-order valence-electron chi connectivity index (χ3n) is 6.14. The summed E-state index contributed by atoms with van der Waals surface area (Å²) in [5, 5.41) is 2.70. The Labute approximate surface area is 207 Å². The minimum atomic E-state index is -3.93. The van der Waals surface area contributed by atoms with Crippen molar-refractivity contribution in [2.75, 3.05) is 51.3 Å². The van der Waals surface area contributed by atoms with Gasteiger partial charge in [-0.1, -0.05) is 15.9 Å². The predicted octanol–water partition coefficient (Wildman–Crippen LogP) is 1.69. The maximum atomic E-state index is 13.2. The Balaban J connectivity index is 1.42. The summed E-state index contributed by atoms with van der Waals surface area (Å²) in [4.78, 5) is 29.7. The van der Waals surface area contributed by atoms with E-state index in [2.05, 4.69) is 26.1 Å². The van der Waals surface area contributed by atoms with Gasteiger partial charge in [-0.2, -0.15) is 4.31 Å². The van der Waals surface area contributed by atoms with Crippen molar-refractivity contribution in [2.24, 2.45) is 0 Å². The fraction of sp³-hybridized carbons (Fsp3) is 0.391. The summed E-state index contributed by atoms with van der Waals surface area (Å²) < 4.78 is 33.6. The van der Waals surface area contributed by atoms with Crippen molar-refractivity contribution < 1.29 is 22.7 Å². The van der Waals surface area contributed by atoms with E-state index in [1.165, 1.54) is 12.1 Å². The minimum absolute atomic E-state index is 0.0935. The van der Waals surface area contributed by atoms with Gasteiger partial charge >= 0.3 is 0 Å². The molecule has 2 aromatic rings. The van der Waals surface area contributed by atoms with Gasteiger partial charge in [0.2, 0.25) is 21.8 Å². The molecular formula is C23H27BrN4O5S. The number of carbonyl (C=O) groups is 2. The first-order chi connectivity index (χ1) is 16.3. The number of piperazine rings is 2. The van der Waals surface area contributed by atoms with E-state index in [1.807, 2.05) is 24.3 Å². The number of halogens is 1. The molecule has 2 aromatic carbocycles. The topological polar surface area (TPSA) is 99.3 Å². The van der Waals surface area contributed by atoms with Crippen LogP contribution in [-0.2, 0) is 19.6 Å². The Hall–Kier alpha value is -2.63. The lowest BCUT2D eigenvalue weighted by atomic mass is 10.1. The average Bonchev–Trinajstić information content (AvgIpc) is 2.85. The molecule has 11 heteroatoms. The number of rotatable bonds is 6. The predicted molar refractivity (Wildman–Crippen MR) is 131 cm³/mol. The van der Waals surface area contributed by atoms with Crippen LogP contribution < -0.4 is 15.0 Å². The standard InChI is InChI=1S/C23H27BrN4O5S/c1-33-19-6-4-18(5-7-19)26-12-14-27(15-13-26)22(29)16-21-23(30)25-10-11-28(21)34(31,32)20-8-2-17(24)3-9-20/h2-9,21H,10-16H2,1H3,(H,25,30). The third-order valence-corrected chi connectivity index (χ3v) is 8.59. The summed E-state index contributed by atoms with van der Waals surface area (Å²) in [5.74, 6) is 0.107. The van der Waals surface area contributed by atoms with E-state index in [1.54, 1.807) is 24.1 Å². The van der Waals surface area contributed by atoms with Crippen LogP contribution >= 0.6 is 15.9 Å². The number of nitrogens with zero attached hydrogens (tertiary/aromatic N) is 3. The fourth-order valence-corrected chi connectivity index (χ4v) is 6.07. The third kappa shape index (κ3) is 5.21. The van der Waals surface area contributed by atoms with Crippen molar-refractivity contribution in [3.8, 4) is 5.75 Å². The maximum absolute atomic E-state index is 13.2.